The van der Waals surface area contributed by atoms with Crippen LogP contribution < -0.4 is 5.32 Å². The minimum absolute atomic E-state index is 0.0841. The first kappa shape index (κ1) is 15.8. The molecule has 0 amide bonds. The molecule has 0 aromatic heterocycles. The van der Waals surface area contributed by atoms with Gasteiger partial charge in [0.15, 0.2) is 0 Å². The summed E-state index contributed by atoms with van der Waals surface area (Å²) in [7, 11) is 0. The largest absolute Gasteiger partial charge is 0.389 e. The van der Waals surface area contributed by atoms with Gasteiger partial charge in [0, 0.05) is 6.42 Å². The predicted molar refractivity (Wildman–Crippen MR) is 68.4 cm³/mol. The van der Waals surface area contributed by atoms with Gasteiger partial charge in [0.1, 0.15) is 0 Å². The van der Waals surface area contributed by atoms with Crippen molar-refractivity contribution < 1.29 is 13.2 Å². The van der Waals surface area contributed by atoms with Crippen molar-refractivity contribution in [1.82, 2.24) is 5.32 Å². The Balaban J connectivity index is 2.51. The SMILES string of the molecule is CC(C)CC1CNCCC1(C)CCCC(F)(F)F. The van der Waals surface area contributed by atoms with Crippen LogP contribution in [0.25, 0.3) is 0 Å². The number of halogens is 3. The van der Waals surface area contributed by atoms with Gasteiger partial charge in [0.25, 0.3) is 0 Å². The van der Waals surface area contributed by atoms with Crippen molar-refractivity contribution in [3.8, 4) is 0 Å². The van der Waals surface area contributed by atoms with Gasteiger partial charge in [0.2, 0.25) is 0 Å². The molecule has 0 aliphatic carbocycles. The van der Waals surface area contributed by atoms with E-state index in [9.17, 15) is 13.2 Å². The third-order valence-electron chi connectivity index (χ3n) is 4.21. The van der Waals surface area contributed by atoms with Crippen LogP contribution in [0.4, 0.5) is 13.2 Å². The smallest absolute Gasteiger partial charge is 0.316 e. The number of rotatable bonds is 5. The topological polar surface area (TPSA) is 12.0 Å². The Bertz CT molecular complexity index is 250. The van der Waals surface area contributed by atoms with E-state index in [1.807, 2.05) is 0 Å². The molecule has 0 bridgehead atoms. The maximum Gasteiger partial charge on any atom is 0.389 e. The number of piperidine rings is 1. The molecule has 4 heteroatoms. The summed E-state index contributed by atoms with van der Waals surface area (Å²) in [6.45, 7) is 8.45. The van der Waals surface area contributed by atoms with Gasteiger partial charge in [-0.15, -0.1) is 0 Å². The minimum atomic E-state index is -4.00. The van der Waals surface area contributed by atoms with E-state index in [1.54, 1.807) is 0 Å². The van der Waals surface area contributed by atoms with Crippen molar-refractivity contribution in [3.05, 3.63) is 0 Å². The Morgan fingerprint density at radius 2 is 2.00 bits per heavy atom. The molecule has 108 valence electrons. The zero-order valence-corrected chi connectivity index (χ0v) is 11.7. The first-order valence-electron chi connectivity index (χ1n) is 7.00. The van der Waals surface area contributed by atoms with Crippen LogP contribution in [0.2, 0.25) is 0 Å². The van der Waals surface area contributed by atoms with Gasteiger partial charge in [-0.2, -0.15) is 13.2 Å². The van der Waals surface area contributed by atoms with Crippen molar-refractivity contribution >= 4 is 0 Å². The van der Waals surface area contributed by atoms with Crippen LogP contribution in [0.15, 0.2) is 0 Å². The highest BCUT2D eigenvalue weighted by molar-refractivity contribution is 4.89. The summed E-state index contributed by atoms with van der Waals surface area (Å²) in [5, 5.41) is 3.38. The van der Waals surface area contributed by atoms with Crippen LogP contribution in [0.3, 0.4) is 0 Å². The Morgan fingerprint density at radius 1 is 1.33 bits per heavy atom. The summed E-state index contributed by atoms with van der Waals surface area (Å²) in [5.74, 6) is 1.12. The van der Waals surface area contributed by atoms with Crippen LogP contribution in [-0.4, -0.2) is 19.3 Å². The number of hydrogen-bond acceptors (Lipinski definition) is 1. The zero-order valence-electron chi connectivity index (χ0n) is 11.7. The lowest BCUT2D eigenvalue weighted by Gasteiger charge is -2.43. The fourth-order valence-corrected chi connectivity index (χ4v) is 3.06. The van der Waals surface area contributed by atoms with Crippen molar-refractivity contribution in [2.24, 2.45) is 17.3 Å². The second-order valence-corrected chi connectivity index (χ2v) is 6.40. The molecule has 0 aromatic carbocycles. The minimum Gasteiger partial charge on any atom is -0.316 e. The fourth-order valence-electron chi connectivity index (χ4n) is 3.06. The van der Waals surface area contributed by atoms with E-state index in [1.165, 1.54) is 0 Å². The molecule has 0 saturated carbocycles. The highest BCUT2D eigenvalue weighted by Crippen LogP contribution is 2.42. The van der Waals surface area contributed by atoms with Gasteiger partial charge in [-0.1, -0.05) is 20.8 Å². The van der Waals surface area contributed by atoms with Crippen molar-refractivity contribution in [3.63, 3.8) is 0 Å². The van der Waals surface area contributed by atoms with Gasteiger partial charge in [-0.05, 0) is 56.0 Å². The molecular weight excluding hydrogens is 239 g/mol. The maximum atomic E-state index is 12.2. The van der Waals surface area contributed by atoms with Crippen LogP contribution in [0, 0.1) is 17.3 Å². The summed E-state index contributed by atoms with van der Waals surface area (Å²) < 4.78 is 36.7. The lowest BCUT2D eigenvalue weighted by Crippen LogP contribution is -2.44. The lowest BCUT2D eigenvalue weighted by atomic mass is 9.66. The molecule has 1 heterocycles. The second kappa shape index (κ2) is 6.27. The van der Waals surface area contributed by atoms with E-state index in [0.717, 1.165) is 25.9 Å². The predicted octanol–water partition coefficient (Wildman–Crippen LogP) is 4.38. The van der Waals surface area contributed by atoms with Gasteiger partial charge in [-0.25, -0.2) is 0 Å². The molecule has 18 heavy (non-hydrogen) atoms. The number of hydrogen-bond donors (Lipinski definition) is 1. The van der Waals surface area contributed by atoms with Crippen LogP contribution >= 0.6 is 0 Å². The van der Waals surface area contributed by atoms with Gasteiger partial charge >= 0.3 is 6.18 Å². The average molecular weight is 265 g/mol. The normalized spacial score (nSPS) is 29.8. The molecule has 1 nitrogen and oxygen atoms in total. The van der Waals surface area contributed by atoms with Crippen molar-refractivity contribution in [2.45, 2.75) is 59.1 Å². The first-order chi connectivity index (χ1) is 8.23. The molecule has 1 aliphatic rings. The monoisotopic (exact) mass is 265 g/mol. The van der Waals surface area contributed by atoms with E-state index in [-0.39, 0.29) is 11.8 Å². The molecule has 1 N–H and O–H groups in total. The highest BCUT2D eigenvalue weighted by Gasteiger charge is 2.37. The molecule has 1 rings (SSSR count). The second-order valence-electron chi connectivity index (χ2n) is 6.40. The van der Waals surface area contributed by atoms with Gasteiger partial charge in [-0.3, -0.25) is 0 Å². The lowest BCUT2D eigenvalue weighted by molar-refractivity contribution is -0.137. The van der Waals surface area contributed by atoms with E-state index in [4.69, 9.17) is 0 Å². The van der Waals surface area contributed by atoms with Crippen molar-refractivity contribution in [1.29, 1.82) is 0 Å². The van der Waals surface area contributed by atoms with E-state index < -0.39 is 12.6 Å². The van der Waals surface area contributed by atoms with E-state index in [2.05, 4.69) is 26.1 Å². The summed E-state index contributed by atoms with van der Waals surface area (Å²) >= 11 is 0. The summed E-state index contributed by atoms with van der Waals surface area (Å²) in [6, 6.07) is 0. The highest BCUT2D eigenvalue weighted by atomic mass is 19.4. The third-order valence-corrected chi connectivity index (χ3v) is 4.21. The molecule has 0 spiro atoms. The first-order valence-corrected chi connectivity index (χ1v) is 7.00. The molecule has 2 atom stereocenters. The molecular formula is C14H26F3N. The fraction of sp³-hybridized carbons (Fsp3) is 1.00. The Labute approximate surface area is 109 Å². The summed E-state index contributed by atoms with van der Waals surface area (Å²) in [5.41, 5.74) is 0.0841. The quantitative estimate of drug-likeness (QED) is 0.777. The maximum absolute atomic E-state index is 12.2. The third kappa shape index (κ3) is 5.17. The molecule has 1 saturated heterocycles. The van der Waals surface area contributed by atoms with Crippen LogP contribution in [-0.2, 0) is 0 Å². The van der Waals surface area contributed by atoms with Gasteiger partial charge in [0.05, 0.1) is 0 Å². The van der Waals surface area contributed by atoms with Gasteiger partial charge < -0.3 is 5.32 Å². The molecule has 0 aromatic rings. The zero-order chi connectivity index (χ0) is 13.8. The molecule has 2 unspecified atom stereocenters. The Kier molecular flexibility index (Phi) is 5.50. The standard InChI is InChI=1S/C14H26F3N/c1-11(2)9-12-10-18-8-7-13(12,3)5-4-6-14(15,16)17/h11-12,18H,4-10H2,1-3H3. The Hall–Kier alpha value is -0.250. The number of nitrogens with one attached hydrogen (secondary N) is 1. The van der Waals surface area contributed by atoms with E-state index >= 15 is 0 Å². The molecule has 0 radical (unpaired) electrons. The van der Waals surface area contributed by atoms with E-state index in [0.29, 0.717) is 18.3 Å². The summed E-state index contributed by atoms with van der Waals surface area (Å²) in [4.78, 5) is 0. The summed E-state index contributed by atoms with van der Waals surface area (Å²) in [6.07, 6.45) is -1.56. The molecule has 1 fully saturated rings. The average Bonchev–Trinajstić information content (AvgIpc) is 2.19. The molecule has 1 aliphatic heterocycles. The Morgan fingerprint density at radius 3 is 2.56 bits per heavy atom. The van der Waals surface area contributed by atoms with Crippen LogP contribution in [0.5, 0.6) is 0 Å². The van der Waals surface area contributed by atoms with Crippen molar-refractivity contribution in [2.75, 3.05) is 13.1 Å². The number of alkyl halides is 3. The van der Waals surface area contributed by atoms with Crippen LogP contribution in [0.1, 0.15) is 52.9 Å².